The van der Waals surface area contributed by atoms with Gasteiger partial charge in [-0.1, -0.05) is 13.8 Å². The third-order valence-electron chi connectivity index (χ3n) is 4.84. The van der Waals surface area contributed by atoms with Crippen molar-refractivity contribution < 1.29 is 0 Å². The smallest absolute Gasteiger partial charge is 0.191 e. The molecule has 0 amide bonds. The molecule has 2 unspecified atom stereocenters. The summed E-state index contributed by atoms with van der Waals surface area (Å²) in [7, 11) is 0. The molecule has 1 heterocycles. The van der Waals surface area contributed by atoms with Gasteiger partial charge >= 0.3 is 0 Å². The molecule has 5 nitrogen and oxygen atoms in total. The number of guanidine groups is 1. The first-order valence-corrected chi connectivity index (χ1v) is 9.22. The van der Waals surface area contributed by atoms with Crippen molar-refractivity contribution in [3.63, 3.8) is 0 Å². The minimum Gasteiger partial charge on any atom is -0.357 e. The summed E-state index contributed by atoms with van der Waals surface area (Å²) in [6, 6.07) is 0.646. The quantitative estimate of drug-likeness (QED) is 0.404. The van der Waals surface area contributed by atoms with Crippen LogP contribution in [0.25, 0.3) is 0 Å². The van der Waals surface area contributed by atoms with Gasteiger partial charge in [0.15, 0.2) is 5.96 Å². The number of hydrogen-bond donors (Lipinski definition) is 2. The molecular formula is C17H35N5. The lowest BCUT2D eigenvalue weighted by atomic mass is 10.2. The van der Waals surface area contributed by atoms with Gasteiger partial charge in [0.05, 0.1) is 0 Å². The molecule has 2 atom stereocenters. The third kappa shape index (κ3) is 6.13. The van der Waals surface area contributed by atoms with Crippen molar-refractivity contribution in [3.8, 4) is 0 Å². The van der Waals surface area contributed by atoms with E-state index in [1.165, 1.54) is 58.5 Å². The Balaban J connectivity index is 1.56. The van der Waals surface area contributed by atoms with Crippen LogP contribution in [0.1, 0.15) is 40.0 Å². The normalized spacial score (nSPS) is 27.0. The number of hydrogen-bond acceptors (Lipinski definition) is 3. The Kier molecular flexibility index (Phi) is 7.46. The Labute approximate surface area is 136 Å². The summed E-state index contributed by atoms with van der Waals surface area (Å²) in [5.74, 6) is 1.82. The number of nitrogens with one attached hydrogen (secondary N) is 2. The zero-order chi connectivity index (χ0) is 15.8. The Bertz CT molecular complexity index is 336. The van der Waals surface area contributed by atoms with E-state index < -0.39 is 0 Å². The van der Waals surface area contributed by atoms with E-state index in [9.17, 15) is 0 Å². The largest absolute Gasteiger partial charge is 0.357 e. The molecular weight excluding hydrogens is 274 g/mol. The highest BCUT2D eigenvalue weighted by atomic mass is 15.3. The molecule has 0 aromatic rings. The van der Waals surface area contributed by atoms with Crippen molar-refractivity contribution in [3.05, 3.63) is 0 Å². The summed E-state index contributed by atoms with van der Waals surface area (Å²) in [5.41, 5.74) is 0. The van der Waals surface area contributed by atoms with E-state index in [-0.39, 0.29) is 0 Å². The van der Waals surface area contributed by atoms with Crippen LogP contribution < -0.4 is 10.6 Å². The molecule has 5 heteroatoms. The molecule has 2 fully saturated rings. The minimum absolute atomic E-state index is 0.646. The first-order valence-electron chi connectivity index (χ1n) is 9.22. The van der Waals surface area contributed by atoms with Gasteiger partial charge in [0.25, 0.3) is 0 Å². The van der Waals surface area contributed by atoms with Crippen LogP contribution in [0.5, 0.6) is 0 Å². The van der Waals surface area contributed by atoms with E-state index in [1.54, 1.807) is 0 Å². The van der Waals surface area contributed by atoms with Crippen LogP contribution in [0.4, 0.5) is 0 Å². The van der Waals surface area contributed by atoms with Gasteiger partial charge in [-0.15, -0.1) is 0 Å². The van der Waals surface area contributed by atoms with Gasteiger partial charge < -0.3 is 20.4 Å². The van der Waals surface area contributed by atoms with Crippen LogP contribution in [0, 0.1) is 5.92 Å². The number of likely N-dealkylation sites (N-methyl/N-ethyl adjacent to an activating group) is 1. The van der Waals surface area contributed by atoms with Crippen molar-refractivity contribution in [2.75, 3.05) is 52.4 Å². The number of aliphatic imine (C=N–C) groups is 1. The summed E-state index contributed by atoms with van der Waals surface area (Å²) in [5, 5.41) is 6.87. The lowest BCUT2D eigenvalue weighted by Crippen LogP contribution is -2.46. The highest BCUT2D eigenvalue weighted by Crippen LogP contribution is 2.28. The predicted octanol–water partition coefficient (Wildman–Crippen LogP) is 1.37. The third-order valence-corrected chi connectivity index (χ3v) is 4.84. The molecule has 0 spiro atoms. The highest BCUT2D eigenvalue weighted by Gasteiger charge is 2.33. The van der Waals surface area contributed by atoms with E-state index in [0.29, 0.717) is 6.04 Å². The molecule has 2 N–H and O–H groups in total. The van der Waals surface area contributed by atoms with Crippen molar-refractivity contribution in [2.45, 2.75) is 46.1 Å². The van der Waals surface area contributed by atoms with Gasteiger partial charge in [-0.05, 0) is 45.2 Å². The number of rotatable bonds is 8. The average molecular weight is 310 g/mol. The van der Waals surface area contributed by atoms with Crippen LogP contribution in [-0.4, -0.2) is 74.2 Å². The van der Waals surface area contributed by atoms with Crippen molar-refractivity contribution >= 4 is 5.96 Å². The molecule has 22 heavy (non-hydrogen) atoms. The standard InChI is InChI=1S/C17H35N5/c1-4-18-17(20-16-14-15(16)3)19-8-6-7-9-22-12-10-21(5-2)11-13-22/h15-16H,4-14H2,1-3H3,(H2,18,19,20). The van der Waals surface area contributed by atoms with E-state index in [2.05, 4.69) is 41.2 Å². The number of nitrogens with zero attached hydrogens (tertiary/aromatic N) is 3. The molecule has 1 saturated carbocycles. The predicted molar refractivity (Wildman–Crippen MR) is 94.5 cm³/mol. The summed E-state index contributed by atoms with van der Waals surface area (Å²) in [6.45, 7) is 15.9. The minimum atomic E-state index is 0.646. The van der Waals surface area contributed by atoms with Crippen LogP contribution in [0.15, 0.2) is 4.99 Å². The van der Waals surface area contributed by atoms with Crippen LogP contribution in [-0.2, 0) is 0 Å². The maximum Gasteiger partial charge on any atom is 0.191 e. The summed E-state index contributed by atoms with van der Waals surface area (Å²) < 4.78 is 0. The molecule has 0 radical (unpaired) electrons. The molecule has 2 aliphatic rings. The van der Waals surface area contributed by atoms with Crippen molar-refractivity contribution in [1.29, 1.82) is 0 Å². The zero-order valence-corrected chi connectivity index (χ0v) is 14.8. The lowest BCUT2D eigenvalue weighted by Gasteiger charge is -2.33. The van der Waals surface area contributed by atoms with Gasteiger partial charge in [-0.25, -0.2) is 0 Å². The van der Waals surface area contributed by atoms with Gasteiger partial charge in [0, 0.05) is 45.3 Å². The van der Waals surface area contributed by atoms with Crippen molar-refractivity contribution in [2.24, 2.45) is 10.9 Å². The molecule has 1 aliphatic carbocycles. The first-order chi connectivity index (χ1) is 10.7. The SMILES string of the molecule is CCNC(=NCCCCN1CCN(CC)CC1)NC1CC1C. The van der Waals surface area contributed by atoms with E-state index in [0.717, 1.165) is 25.0 Å². The second-order valence-corrected chi connectivity index (χ2v) is 6.71. The van der Waals surface area contributed by atoms with Gasteiger partial charge in [-0.2, -0.15) is 0 Å². The first kappa shape index (κ1) is 17.5. The molecule has 1 saturated heterocycles. The summed E-state index contributed by atoms with van der Waals surface area (Å²) in [6.07, 6.45) is 3.73. The number of piperazine rings is 1. The molecule has 0 bridgehead atoms. The fourth-order valence-electron chi connectivity index (χ4n) is 2.99. The topological polar surface area (TPSA) is 42.9 Å². The maximum absolute atomic E-state index is 4.70. The zero-order valence-electron chi connectivity index (χ0n) is 14.8. The van der Waals surface area contributed by atoms with E-state index in [4.69, 9.17) is 4.99 Å². The van der Waals surface area contributed by atoms with Gasteiger partial charge in [-0.3, -0.25) is 4.99 Å². The fraction of sp³-hybridized carbons (Fsp3) is 0.941. The maximum atomic E-state index is 4.70. The molecule has 1 aliphatic heterocycles. The average Bonchev–Trinajstić information content (AvgIpc) is 3.22. The van der Waals surface area contributed by atoms with E-state index in [1.807, 2.05) is 0 Å². The Morgan fingerprint density at radius 1 is 1.09 bits per heavy atom. The van der Waals surface area contributed by atoms with Crippen LogP contribution in [0.2, 0.25) is 0 Å². The summed E-state index contributed by atoms with van der Waals surface area (Å²) in [4.78, 5) is 9.84. The van der Waals surface area contributed by atoms with Gasteiger partial charge in [0.1, 0.15) is 0 Å². The highest BCUT2D eigenvalue weighted by molar-refractivity contribution is 5.80. The van der Waals surface area contributed by atoms with E-state index >= 15 is 0 Å². The fourth-order valence-corrected chi connectivity index (χ4v) is 2.99. The monoisotopic (exact) mass is 309 g/mol. The molecule has 0 aromatic carbocycles. The Hall–Kier alpha value is -0.810. The molecule has 2 rings (SSSR count). The van der Waals surface area contributed by atoms with Crippen molar-refractivity contribution in [1.82, 2.24) is 20.4 Å². The van der Waals surface area contributed by atoms with Crippen LogP contribution >= 0.6 is 0 Å². The second-order valence-electron chi connectivity index (χ2n) is 6.71. The Morgan fingerprint density at radius 3 is 2.36 bits per heavy atom. The molecule has 0 aromatic heterocycles. The lowest BCUT2D eigenvalue weighted by molar-refractivity contribution is 0.136. The molecule has 128 valence electrons. The number of unbranched alkanes of at least 4 members (excludes halogenated alkanes) is 1. The second kappa shape index (κ2) is 9.36. The Morgan fingerprint density at radius 2 is 1.77 bits per heavy atom. The van der Waals surface area contributed by atoms with Gasteiger partial charge in [0.2, 0.25) is 0 Å². The van der Waals surface area contributed by atoms with Crippen LogP contribution in [0.3, 0.4) is 0 Å². The summed E-state index contributed by atoms with van der Waals surface area (Å²) >= 11 is 0.